The van der Waals surface area contributed by atoms with Crippen LogP contribution in [0.2, 0.25) is 10.0 Å². The van der Waals surface area contributed by atoms with Crippen molar-refractivity contribution in [2.24, 2.45) is 5.73 Å². The number of nitrogens with one attached hydrogen (secondary N) is 1. The van der Waals surface area contributed by atoms with E-state index in [9.17, 15) is 9.90 Å². The fourth-order valence-electron chi connectivity index (χ4n) is 3.28. The maximum atomic E-state index is 12.6. The number of aromatic hydroxyl groups is 1. The Balaban J connectivity index is 1.63. The Morgan fingerprint density at radius 1 is 1.09 bits per heavy atom. The van der Waals surface area contributed by atoms with Crippen LogP contribution < -0.4 is 16.2 Å². The quantitative estimate of drug-likeness (QED) is 0.293. The molecule has 0 radical (unpaired) electrons. The molecule has 0 aliphatic rings. The Morgan fingerprint density at radius 2 is 1.78 bits per heavy atom. The van der Waals surface area contributed by atoms with Crippen LogP contribution in [0.5, 0.6) is 5.75 Å². The molecular formula is C23H17Cl2N3O2S2. The number of pyridine rings is 1. The average molecular weight is 502 g/mol. The molecule has 4 rings (SSSR count). The highest BCUT2D eigenvalue weighted by molar-refractivity contribution is 7.99. The molecule has 0 atom stereocenters. The van der Waals surface area contributed by atoms with E-state index in [4.69, 9.17) is 41.2 Å². The van der Waals surface area contributed by atoms with Gasteiger partial charge in [-0.25, -0.2) is 0 Å². The molecule has 0 aliphatic carbocycles. The van der Waals surface area contributed by atoms with Gasteiger partial charge in [0, 0.05) is 15.6 Å². The second kappa shape index (κ2) is 9.42. The van der Waals surface area contributed by atoms with E-state index in [0.717, 1.165) is 27.9 Å². The smallest absolute Gasteiger partial charge is 0.266 e. The molecule has 32 heavy (non-hydrogen) atoms. The van der Waals surface area contributed by atoms with Crippen LogP contribution in [0.15, 0.2) is 81.3 Å². The summed E-state index contributed by atoms with van der Waals surface area (Å²) < 4.78 is 0. The molecule has 0 aliphatic heterocycles. The van der Waals surface area contributed by atoms with Gasteiger partial charge in [0.15, 0.2) is 5.11 Å². The van der Waals surface area contributed by atoms with Crippen molar-refractivity contribution in [3.8, 4) is 5.75 Å². The third-order valence-electron chi connectivity index (χ3n) is 4.78. The summed E-state index contributed by atoms with van der Waals surface area (Å²) >= 11 is 18.6. The summed E-state index contributed by atoms with van der Waals surface area (Å²) in [5, 5.41) is 12.0. The number of H-pyrrole nitrogens is 1. The minimum Gasteiger partial charge on any atom is -0.506 e. The Hall–Kier alpha value is -2.71. The van der Waals surface area contributed by atoms with Crippen LogP contribution in [0, 0.1) is 0 Å². The van der Waals surface area contributed by atoms with Crippen molar-refractivity contribution >= 4 is 68.9 Å². The summed E-state index contributed by atoms with van der Waals surface area (Å²) in [5.41, 5.74) is 7.78. The van der Waals surface area contributed by atoms with E-state index in [0.29, 0.717) is 22.5 Å². The van der Waals surface area contributed by atoms with E-state index < -0.39 is 5.56 Å². The van der Waals surface area contributed by atoms with Gasteiger partial charge in [-0.1, -0.05) is 65.3 Å². The molecule has 0 amide bonds. The van der Waals surface area contributed by atoms with Crippen molar-refractivity contribution in [1.82, 2.24) is 4.98 Å². The lowest BCUT2D eigenvalue weighted by atomic mass is 10.2. The number of rotatable bonds is 5. The van der Waals surface area contributed by atoms with Gasteiger partial charge in [-0.05, 0) is 54.2 Å². The molecule has 162 valence electrons. The van der Waals surface area contributed by atoms with Crippen LogP contribution in [0.3, 0.4) is 0 Å². The number of thiocarbonyl (C=S) groups is 1. The predicted molar refractivity (Wildman–Crippen MR) is 136 cm³/mol. The van der Waals surface area contributed by atoms with Gasteiger partial charge in [-0.15, -0.1) is 0 Å². The van der Waals surface area contributed by atoms with Crippen molar-refractivity contribution < 1.29 is 5.11 Å². The number of fused-ring (bicyclic) bond motifs is 1. The number of nitrogens with two attached hydrogens (primary N) is 1. The Bertz CT molecular complexity index is 1360. The SMILES string of the molecule is NC(=S)N(Cc1ccccc1)c1ccc(Sc2c(O)c3c(Cl)cc(Cl)cc3[nH]c2=O)cc1. The van der Waals surface area contributed by atoms with E-state index in [-0.39, 0.29) is 20.8 Å². The van der Waals surface area contributed by atoms with Gasteiger partial charge in [0.1, 0.15) is 10.6 Å². The average Bonchev–Trinajstić information content (AvgIpc) is 2.75. The van der Waals surface area contributed by atoms with Crippen molar-refractivity contribution in [3.63, 3.8) is 0 Å². The summed E-state index contributed by atoms with van der Waals surface area (Å²) in [4.78, 5) is 18.0. The molecule has 0 saturated heterocycles. The first kappa shape index (κ1) is 22.5. The van der Waals surface area contributed by atoms with Gasteiger partial charge in [-0.3, -0.25) is 4.79 Å². The van der Waals surface area contributed by atoms with Crippen LogP contribution in [-0.2, 0) is 6.54 Å². The van der Waals surface area contributed by atoms with Gasteiger partial charge in [0.25, 0.3) is 5.56 Å². The first-order chi connectivity index (χ1) is 15.3. The van der Waals surface area contributed by atoms with E-state index in [1.807, 2.05) is 59.5 Å². The number of hydrogen-bond donors (Lipinski definition) is 3. The van der Waals surface area contributed by atoms with Crippen molar-refractivity contribution in [3.05, 3.63) is 92.7 Å². The zero-order valence-electron chi connectivity index (χ0n) is 16.5. The Labute approximate surface area is 203 Å². The zero-order chi connectivity index (χ0) is 22.8. The lowest BCUT2D eigenvalue weighted by Crippen LogP contribution is -2.34. The largest absolute Gasteiger partial charge is 0.506 e. The highest BCUT2D eigenvalue weighted by atomic mass is 35.5. The molecule has 9 heteroatoms. The first-order valence-electron chi connectivity index (χ1n) is 9.46. The highest BCUT2D eigenvalue weighted by Crippen LogP contribution is 2.40. The van der Waals surface area contributed by atoms with Gasteiger partial charge in [-0.2, -0.15) is 0 Å². The van der Waals surface area contributed by atoms with Gasteiger partial charge >= 0.3 is 0 Å². The summed E-state index contributed by atoms with van der Waals surface area (Å²) in [6.07, 6.45) is 0. The lowest BCUT2D eigenvalue weighted by Gasteiger charge is -2.23. The highest BCUT2D eigenvalue weighted by Gasteiger charge is 2.17. The Kier molecular flexibility index (Phi) is 6.62. The van der Waals surface area contributed by atoms with Gasteiger partial charge in [0.2, 0.25) is 0 Å². The van der Waals surface area contributed by atoms with Crippen LogP contribution >= 0.6 is 47.2 Å². The number of anilines is 1. The van der Waals surface area contributed by atoms with Crippen LogP contribution in [-0.4, -0.2) is 15.2 Å². The Morgan fingerprint density at radius 3 is 2.44 bits per heavy atom. The molecule has 4 aromatic rings. The van der Waals surface area contributed by atoms with Crippen LogP contribution in [0.25, 0.3) is 10.9 Å². The van der Waals surface area contributed by atoms with E-state index in [1.165, 1.54) is 6.07 Å². The summed E-state index contributed by atoms with van der Waals surface area (Å²) in [6, 6.07) is 20.3. The van der Waals surface area contributed by atoms with Crippen LogP contribution in [0.1, 0.15) is 5.56 Å². The van der Waals surface area contributed by atoms with E-state index >= 15 is 0 Å². The molecule has 3 aromatic carbocycles. The zero-order valence-corrected chi connectivity index (χ0v) is 19.7. The molecular weight excluding hydrogens is 485 g/mol. The minimum atomic E-state index is -0.434. The lowest BCUT2D eigenvalue weighted by molar-refractivity contribution is 0.467. The first-order valence-corrected chi connectivity index (χ1v) is 11.4. The number of benzene rings is 3. The third-order valence-corrected chi connectivity index (χ3v) is 6.61. The standard InChI is InChI=1S/C23H17Cl2N3O2S2/c24-14-10-17(25)19-18(11-14)27-22(30)21(20(19)29)32-16-8-6-15(7-9-16)28(23(26)31)12-13-4-2-1-3-5-13/h1-11H,12H2,(H2,26,31)(H2,27,29,30). The predicted octanol–water partition coefficient (Wildman–Crippen LogP) is 5.94. The van der Waals surface area contributed by atoms with E-state index in [1.54, 1.807) is 6.07 Å². The van der Waals surface area contributed by atoms with Crippen LogP contribution in [0.4, 0.5) is 5.69 Å². The third kappa shape index (κ3) is 4.71. The fourth-order valence-corrected chi connectivity index (χ4v) is 4.89. The maximum absolute atomic E-state index is 12.6. The van der Waals surface area contributed by atoms with Gasteiger partial charge < -0.3 is 20.7 Å². The number of aromatic nitrogens is 1. The molecule has 0 bridgehead atoms. The second-order valence-electron chi connectivity index (χ2n) is 6.95. The number of nitrogens with zero attached hydrogens (tertiary/aromatic N) is 1. The second-order valence-corrected chi connectivity index (χ2v) is 9.29. The monoisotopic (exact) mass is 501 g/mol. The molecule has 0 saturated carbocycles. The maximum Gasteiger partial charge on any atom is 0.266 e. The van der Waals surface area contributed by atoms with E-state index in [2.05, 4.69) is 4.98 Å². The summed E-state index contributed by atoms with van der Waals surface area (Å²) in [6.45, 7) is 0.537. The summed E-state index contributed by atoms with van der Waals surface area (Å²) in [5.74, 6) is -0.187. The molecule has 0 spiro atoms. The fraction of sp³-hybridized carbons (Fsp3) is 0.0435. The molecule has 0 fully saturated rings. The molecule has 5 nitrogen and oxygen atoms in total. The molecule has 4 N–H and O–H groups in total. The normalized spacial score (nSPS) is 10.9. The minimum absolute atomic E-state index is 0.143. The van der Waals surface area contributed by atoms with Crippen molar-refractivity contribution in [2.75, 3.05) is 4.90 Å². The van der Waals surface area contributed by atoms with Gasteiger partial charge in [0.05, 0.1) is 22.5 Å². The number of halogens is 2. The number of hydrogen-bond acceptors (Lipinski definition) is 4. The van der Waals surface area contributed by atoms with Crippen molar-refractivity contribution in [1.29, 1.82) is 0 Å². The number of aromatic amines is 1. The molecule has 1 heterocycles. The van der Waals surface area contributed by atoms with Crippen molar-refractivity contribution in [2.45, 2.75) is 16.3 Å². The topological polar surface area (TPSA) is 82.3 Å². The molecule has 1 aromatic heterocycles. The molecule has 0 unspecified atom stereocenters. The summed E-state index contributed by atoms with van der Waals surface area (Å²) in [7, 11) is 0.